The summed E-state index contributed by atoms with van der Waals surface area (Å²) in [6.45, 7) is 2.67. The monoisotopic (exact) mass is 231 g/mol. The molecule has 0 saturated heterocycles. The lowest BCUT2D eigenvalue weighted by Crippen LogP contribution is -2.04. The van der Waals surface area contributed by atoms with Gasteiger partial charge in [-0.05, 0) is 36.6 Å². The zero-order chi connectivity index (χ0) is 11.3. The van der Waals surface area contributed by atoms with Crippen molar-refractivity contribution in [3.63, 3.8) is 0 Å². The molecule has 15 heavy (non-hydrogen) atoms. The van der Waals surface area contributed by atoms with E-state index in [4.69, 9.17) is 5.73 Å². The second-order valence-electron chi connectivity index (χ2n) is 3.43. The second-order valence-corrected chi connectivity index (χ2v) is 4.49. The maximum absolute atomic E-state index is 12.1. The lowest BCUT2D eigenvalue weighted by molar-refractivity contribution is 0.252. The van der Waals surface area contributed by atoms with Crippen molar-refractivity contribution in [2.45, 2.75) is 29.9 Å². The number of thioether (sulfide) groups is 1. The van der Waals surface area contributed by atoms with Crippen LogP contribution in [0.5, 0.6) is 0 Å². The standard InChI is InChI=1S/C11H15F2NS/c1-8(5-6-14)9-3-2-4-10(7-9)15-11(12)13/h2-4,7-8,11H,5-6,14H2,1H3. The molecule has 1 atom stereocenters. The summed E-state index contributed by atoms with van der Waals surface area (Å²) in [6.07, 6.45) is 0.878. The fourth-order valence-electron chi connectivity index (χ4n) is 1.41. The molecule has 0 amide bonds. The van der Waals surface area contributed by atoms with Crippen molar-refractivity contribution in [2.75, 3.05) is 6.54 Å². The molecule has 1 aromatic carbocycles. The maximum atomic E-state index is 12.1. The number of alkyl halides is 2. The van der Waals surface area contributed by atoms with Gasteiger partial charge in [-0.2, -0.15) is 8.78 Å². The van der Waals surface area contributed by atoms with Gasteiger partial charge >= 0.3 is 0 Å². The summed E-state index contributed by atoms with van der Waals surface area (Å²) >= 11 is 0.584. The Bertz CT molecular complexity index is 304. The number of hydrogen-bond acceptors (Lipinski definition) is 2. The van der Waals surface area contributed by atoms with Gasteiger partial charge in [0.1, 0.15) is 0 Å². The summed E-state index contributed by atoms with van der Waals surface area (Å²) in [6, 6.07) is 7.29. The van der Waals surface area contributed by atoms with Gasteiger partial charge in [-0.25, -0.2) is 0 Å². The van der Waals surface area contributed by atoms with E-state index in [0.29, 0.717) is 29.1 Å². The van der Waals surface area contributed by atoms with E-state index in [-0.39, 0.29) is 0 Å². The highest BCUT2D eigenvalue weighted by molar-refractivity contribution is 7.99. The summed E-state index contributed by atoms with van der Waals surface area (Å²) in [5, 5.41) is 0. The summed E-state index contributed by atoms with van der Waals surface area (Å²) in [4.78, 5) is 0.617. The minimum absolute atomic E-state index is 0.327. The fraction of sp³-hybridized carbons (Fsp3) is 0.455. The Morgan fingerprint density at radius 3 is 2.73 bits per heavy atom. The lowest BCUT2D eigenvalue weighted by atomic mass is 9.98. The number of hydrogen-bond donors (Lipinski definition) is 1. The third-order valence-electron chi connectivity index (χ3n) is 2.25. The van der Waals surface area contributed by atoms with Crippen molar-refractivity contribution in [1.82, 2.24) is 0 Å². The molecule has 0 aliphatic heterocycles. The molecule has 0 bridgehead atoms. The van der Waals surface area contributed by atoms with Crippen LogP contribution in [0, 0.1) is 0 Å². The van der Waals surface area contributed by atoms with Crippen LogP contribution in [0.3, 0.4) is 0 Å². The van der Waals surface area contributed by atoms with Gasteiger partial charge in [-0.3, -0.25) is 0 Å². The predicted molar refractivity (Wildman–Crippen MR) is 60.4 cm³/mol. The topological polar surface area (TPSA) is 26.0 Å². The first-order valence-corrected chi connectivity index (χ1v) is 5.76. The molecule has 1 aromatic rings. The van der Waals surface area contributed by atoms with Gasteiger partial charge in [-0.1, -0.05) is 30.8 Å². The first-order chi connectivity index (χ1) is 7.13. The second kappa shape index (κ2) is 6.08. The van der Waals surface area contributed by atoms with E-state index in [2.05, 4.69) is 6.92 Å². The van der Waals surface area contributed by atoms with Crippen molar-refractivity contribution in [2.24, 2.45) is 5.73 Å². The highest BCUT2D eigenvalue weighted by Gasteiger charge is 2.08. The van der Waals surface area contributed by atoms with Crippen LogP contribution in [-0.2, 0) is 0 Å². The molecule has 0 saturated carbocycles. The third kappa shape index (κ3) is 4.18. The third-order valence-corrected chi connectivity index (χ3v) is 2.96. The smallest absolute Gasteiger partial charge is 0.288 e. The molecular weight excluding hydrogens is 216 g/mol. The molecule has 0 aliphatic rings. The van der Waals surface area contributed by atoms with Gasteiger partial charge < -0.3 is 5.73 Å². The molecule has 4 heteroatoms. The van der Waals surface area contributed by atoms with Crippen molar-refractivity contribution in [3.8, 4) is 0 Å². The molecule has 84 valence electrons. The van der Waals surface area contributed by atoms with E-state index in [1.165, 1.54) is 0 Å². The zero-order valence-corrected chi connectivity index (χ0v) is 9.44. The molecule has 1 rings (SSSR count). The van der Waals surface area contributed by atoms with E-state index in [1.807, 2.05) is 18.2 Å². The zero-order valence-electron chi connectivity index (χ0n) is 8.62. The van der Waals surface area contributed by atoms with Gasteiger partial charge in [0, 0.05) is 4.90 Å². The van der Waals surface area contributed by atoms with E-state index in [0.717, 1.165) is 12.0 Å². The number of benzene rings is 1. The van der Waals surface area contributed by atoms with Crippen LogP contribution in [0.15, 0.2) is 29.2 Å². The number of halogens is 2. The first-order valence-electron chi connectivity index (χ1n) is 4.88. The molecular formula is C11H15F2NS. The Morgan fingerprint density at radius 2 is 2.13 bits per heavy atom. The van der Waals surface area contributed by atoms with Crippen molar-refractivity contribution in [3.05, 3.63) is 29.8 Å². The molecule has 1 unspecified atom stereocenters. The van der Waals surface area contributed by atoms with Gasteiger partial charge in [0.25, 0.3) is 5.76 Å². The molecule has 0 aromatic heterocycles. The van der Waals surface area contributed by atoms with Crippen molar-refractivity contribution < 1.29 is 8.78 Å². The molecule has 1 nitrogen and oxygen atoms in total. The first kappa shape index (κ1) is 12.5. The number of rotatable bonds is 5. The van der Waals surface area contributed by atoms with Gasteiger partial charge in [0.05, 0.1) is 0 Å². The van der Waals surface area contributed by atoms with Crippen LogP contribution in [0.25, 0.3) is 0 Å². The Labute approximate surface area is 93.1 Å². The van der Waals surface area contributed by atoms with Crippen LogP contribution in [0.1, 0.15) is 24.8 Å². The molecule has 0 aliphatic carbocycles. The average Bonchev–Trinajstić information content (AvgIpc) is 2.17. The molecule has 0 heterocycles. The lowest BCUT2D eigenvalue weighted by Gasteiger charge is -2.11. The van der Waals surface area contributed by atoms with Crippen LogP contribution in [0.2, 0.25) is 0 Å². The molecule has 0 spiro atoms. The molecule has 0 fully saturated rings. The molecule has 2 N–H and O–H groups in total. The summed E-state index contributed by atoms with van der Waals surface area (Å²) < 4.78 is 24.3. The average molecular weight is 231 g/mol. The van der Waals surface area contributed by atoms with E-state index in [9.17, 15) is 8.78 Å². The highest BCUT2D eigenvalue weighted by Crippen LogP contribution is 2.28. The maximum Gasteiger partial charge on any atom is 0.288 e. The SMILES string of the molecule is CC(CCN)c1cccc(SC(F)F)c1. The van der Waals surface area contributed by atoms with Crippen LogP contribution < -0.4 is 5.73 Å². The van der Waals surface area contributed by atoms with Crippen molar-refractivity contribution in [1.29, 1.82) is 0 Å². The van der Waals surface area contributed by atoms with Gasteiger partial charge in [-0.15, -0.1) is 0 Å². The van der Waals surface area contributed by atoms with Gasteiger partial charge in [0.15, 0.2) is 0 Å². The van der Waals surface area contributed by atoms with Crippen LogP contribution >= 0.6 is 11.8 Å². The predicted octanol–water partition coefficient (Wildman–Crippen LogP) is 3.45. The van der Waals surface area contributed by atoms with Crippen LogP contribution in [0.4, 0.5) is 8.78 Å². The van der Waals surface area contributed by atoms with E-state index in [1.54, 1.807) is 6.07 Å². The number of nitrogens with two attached hydrogens (primary N) is 1. The van der Waals surface area contributed by atoms with Gasteiger partial charge in [0.2, 0.25) is 0 Å². The largest absolute Gasteiger partial charge is 0.330 e. The van der Waals surface area contributed by atoms with Crippen molar-refractivity contribution >= 4 is 11.8 Å². The van der Waals surface area contributed by atoms with Crippen LogP contribution in [-0.4, -0.2) is 12.3 Å². The normalized spacial score (nSPS) is 13.1. The minimum Gasteiger partial charge on any atom is -0.330 e. The highest BCUT2D eigenvalue weighted by atomic mass is 32.2. The van der Waals surface area contributed by atoms with E-state index >= 15 is 0 Å². The fourth-order valence-corrected chi connectivity index (χ4v) is 1.98. The van der Waals surface area contributed by atoms with E-state index < -0.39 is 5.76 Å². The summed E-state index contributed by atoms with van der Waals surface area (Å²) in [7, 11) is 0. The Morgan fingerprint density at radius 1 is 1.40 bits per heavy atom. The Hall–Kier alpha value is -0.610. The Balaban J connectivity index is 2.73. The summed E-state index contributed by atoms with van der Waals surface area (Å²) in [5.41, 5.74) is 6.54. The molecule has 0 radical (unpaired) electrons. The quantitative estimate of drug-likeness (QED) is 0.785. The minimum atomic E-state index is -2.36. The Kier molecular flexibility index (Phi) is 5.05. The summed E-state index contributed by atoms with van der Waals surface area (Å²) in [5.74, 6) is -2.03.